The maximum absolute atomic E-state index is 12.2. The smallest absolute Gasteiger partial charge is 0.223 e. The van der Waals surface area contributed by atoms with Gasteiger partial charge in [0.15, 0.2) is 0 Å². The first kappa shape index (κ1) is 13.9. The van der Waals surface area contributed by atoms with Crippen LogP contribution in [0.15, 0.2) is 0 Å². The fourth-order valence-electron chi connectivity index (χ4n) is 1.51. The molecule has 1 atom stereocenters. The molecule has 0 bridgehead atoms. The van der Waals surface area contributed by atoms with Gasteiger partial charge >= 0.3 is 0 Å². The monoisotopic (exact) mass is 264 g/mol. The zero-order valence-corrected chi connectivity index (χ0v) is 11.6. The Morgan fingerprint density at radius 3 is 2.25 bits per heavy atom. The summed E-state index contributed by atoms with van der Waals surface area (Å²) in [6, 6.07) is -0.0394. The van der Waals surface area contributed by atoms with E-state index in [1.54, 1.807) is 6.92 Å². The van der Waals surface area contributed by atoms with Gasteiger partial charge in [-0.25, -0.2) is 8.42 Å². The number of nitrogens with two attached hydrogens (primary N) is 1. The van der Waals surface area contributed by atoms with Crippen LogP contribution in [0, 0.1) is 5.92 Å². The normalized spacial score (nSPS) is 19.1. The van der Waals surface area contributed by atoms with Gasteiger partial charge in [-0.05, 0) is 39.5 Å². The summed E-state index contributed by atoms with van der Waals surface area (Å²) in [7, 11) is -3.39. The first-order chi connectivity index (χ1) is 7.26. The van der Waals surface area contributed by atoms with E-state index in [1.165, 1.54) is 4.31 Å². The Morgan fingerprint density at radius 2 is 1.94 bits per heavy atom. The summed E-state index contributed by atoms with van der Waals surface area (Å²) in [6.07, 6.45) is 2.25. The molecular formula is C10H20N2O2S2. The Kier molecular flexibility index (Phi) is 4.31. The number of rotatable bonds is 6. The second-order valence-electron chi connectivity index (χ2n) is 4.70. The molecule has 1 aliphatic carbocycles. The van der Waals surface area contributed by atoms with Crippen molar-refractivity contribution in [1.29, 1.82) is 0 Å². The van der Waals surface area contributed by atoms with Crippen molar-refractivity contribution >= 4 is 27.2 Å². The van der Waals surface area contributed by atoms with E-state index in [0.29, 0.717) is 12.5 Å². The minimum atomic E-state index is -3.39. The van der Waals surface area contributed by atoms with Gasteiger partial charge in [0.1, 0.15) is 5.25 Å². The largest absolute Gasteiger partial charge is 0.392 e. The van der Waals surface area contributed by atoms with Gasteiger partial charge in [0.25, 0.3) is 0 Å². The molecule has 1 unspecified atom stereocenters. The fraction of sp³-hybridized carbons (Fsp3) is 0.900. The molecule has 0 radical (unpaired) electrons. The molecule has 0 aromatic heterocycles. The molecule has 0 amide bonds. The van der Waals surface area contributed by atoms with Gasteiger partial charge in [0.05, 0.1) is 4.99 Å². The van der Waals surface area contributed by atoms with E-state index >= 15 is 0 Å². The van der Waals surface area contributed by atoms with Gasteiger partial charge in [-0.3, -0.25) is 0 Å². The lowest BCUT2D eigenvalue weighted by molar-refractivity contribution is 0.340. The van der Waals surface area contributed by atoms with Crippen LogP contribution in [0.5, 0.6) is 0 Å². The first-order valence-electron chi connectivity index (χ1n) is 5.56. The van der Waals surface area contributed by atoms with Crippen LogP contribution in [0.25, 0.3) is 0 Å². The molecule has 4 nitrogen and oxygen atoms in total. The van der Waals surface area contributed by atoms with Crippen LogP contribution < -0.4 is 5.73 Å². The minimum Gasteiger partial charge on any atom is -0.392 e. The molecule has 1 saturated carbocycles. The van der Waals surface area contributed by atoms with Crippen molar-refractivity contribution in [2.45, 2.75) is 44.9 Å². The highest BCUT2D eigenvalue weighted by Crippen LogP contribution is 2.31. The van der Waals surface area contributed by atoms with E-state index in [1.807, 2.05) is 13.8 Å². The second-order valence-corrected chi connectivity index (χ2v) is 7.37. The summed E-state index contributed by atoms with van der Waals surface area (Å²) in [6.45, 7) is 5.92. The highest BCUT2D eigenvalue weighted by Gasteiger charge is 2.36. The van der Waals surface area contributed by atoms with Crippen LogP contribution in [0.1, 0.15) is 33.6 Å². The average molecular weight is 264 g/mol. The van der Waals surface area contributed by atoms with Crippen molar-refractivity contribution in [2.24, 2.45) is 11.7 Å². The topological polar surface area (TPSA) is 63.4 Å². The maximum atomic E-state index is 12.2. The van der Waals surface area contributed by atoms with Crippen LogP contribution in [0.2, 0.25) is 0 Å². The molecule has 1 fully saturated rings. The molecule has 1 rings (SSSR count). The van der Waals surface area contributed by atoms with Crippen LogP contribution in [-0.2, 0) is 10.0 Å². The molecule has 0 aromatic carbocycles. The quantitative estimate of drug-likeness (QED) is 0.730. The number of hydrogen-bond acceptors (Lipinski definition) is 3. The molecule has 2 N–H and O–H groups in total. The van der Waals surface area contributed by atoms with Gasteiger partial charge in [-0.2, -0.15) is 4.31 Å². The molecule has 0 heterocycles. The standard InChI is InChI=1S/C10H20N2O2S2/c1-7(2)12(6-9-4-5-9)16(13,14)8(3)10(11)15/h7-9H,4-6H2,1-3H3,(H2,11,15). The Hall–Kier alpha value is -0.200. The van der Waals surface area contributed by atoms with Gasteiger partial charge in [0, 0.05) is 12.6 Å². The van der Waals surface area contributed by atoms with Crippen molar-refractivity contribution in [1.82, 2.24) is 4.31 Å². The molecule has 6 heteroatoms. The van der Waals surface area contributed by atoms with E-state index in [4.69, 9.17) is 18.0 Å². The maximum Gasteiger partial charge on any atom is 0.223 e. The number of nitrogens with zero attached hydrogens (tertiary/aromatic N) is 1. The Morgan fingerprint density at radius 1 is 1.44 bits per heavy atom. The highest BCUT2D eigenvalue weighted by atomic mass is 32.2. The number of sulfonamides is 1. The SMILES string of the molecule is CC(C)N(CC1CC1)S(=O)(=O)C(C)C(N)=S. The molecule has 0 aliphatic heterocycles. The zero-order chi connectivity index (χ0) is 12.5. The minimum absolute atomic E-state index is 0.0394. The Balaban J connectivity index is 2.86. The summed E-state index contributed by atoms with van der Waals surface area (Å²) in [5.74, 6) is 0.524. The highest BCUT2D eigenvalue weighted by molar-refractivity contribution is 7.92. The molecule has 0 aromatic rings. The molecule has 16 heavy (non-hydrogen) atoms. The van der Waals surface area contributed by atoms with Gasteiger partial charge in [0.2, 0.25) is 10.0 Å². The van der Waals surface area contributed by atoms with E-state index in [-0.39, 0.29) is 11.0 Å². The molecule has 1 aliphatic rings. The number of thiocarbonyl (C=S) groups is 1. The Bertz CT molecular complexity index is 361. The summed E-state index contributed by atoms with van der Waals surface area (Å²) in [4.78, 5) is 0.0430. The van der Waals surface area contributed by atoms with E-state index in [0.717, 1.165) is 12.8 Å². The van der Waals surface area contributed by atoms with Crippen LogP contribution in [-0.4, -0.2) is 35.5 Å². The third kappa shape index (κ3) is 3.15. The third-order valence-corrected chi connectivity index (χ3v) is 5.76. The second kappa shape index (κ2) is 4.98. The van der Waals surface area contributed by atoms with Gasteiger partial charge < -0.3 is 5.73 Å². The summed E-state index contributed by atoms with van der Waals surface area (Å²) in [5.41, 5.74) is 5.43. The van der Waals surface area contributed by atoms with Crippen molar-refractivity contribution in [2.75, 3.05) is 6.54 Å². The lowest BCUT2D eigenvalue weighted by Gasteiger charge is -2.28. The van der Waals surface area contributed by atoms with E-state index in [2.05, 4.69) is 0 Å². The Labute approximate surface area is 103 Å². The lowest BCUT2D eigenvalue weighted by Crippen LogP contribution is -2.46. The molecule has 0 spiro atoms. The average Bonchev–Trinajstić information content (AvgIpc) is 2.95. The fourth-order valence-corrected chi connectivity index (χ4v) is 3.58. The zero-order valence-electron chi connectivity index (χ0n) is 10.0. The van der Waals surface area contributed by atoms with E-state index in [9.17, 15) is 8.42 Å². The summed E-state index contributed by atoms with van der Waals surface area (Å²) in [5, 5.41) is -0.774. The van der Waals surface area contributed by atoms with Gasteiger partial charge in [-0.15, -0.1) is 0 Å². The van der Waals surface area contributed by atoms with Crippen molar-refractivity contribution in [3.63, 3.8) is 0 Å². The molecular weight excluding hydrogens is 244 g/mol. The van der Waals surface area contributed by atoms with Crippen LogP contribution >= 0.6 is 12.2 Å². The molecule has 94 valence electrons. The summed E-state index contributed by atoms with van der Waals surface area (Å²) < 4.78 is 26.0. The number of hydrogen-bond donors (Lipinski definition) is 1. The van der Waals surface area contributed by atoms with Crippen molar-refractivity contribution < 1.29 is 8.42 Å². The molecule has 0 saturated heterocycles. The van der Waals surface area contributed by atoms with Crippen molar-refractivity contribution in [3.8, 4) is 0 Å². The lowest BCUT2D eigenvalue weighted by atomic mass is 10.3. The van der Waals surface area contributed by atoms with Crippen LogP contribution in [0.3, 0.4) is 0 Å². The summed E-state index contributed by atoms with van der Waals surface area (Å²) >= 11 is 4.77. The van der Waals surface area contributed by atoms with Gasteiger partial charge in [-0.1, -0.05) is 12.2 Å². The van der Waals surface area contributed by atoms with E-state index < -0.39 is 15.3 Å². The van der Waals surface area contributed by atoms with Crippen molar-refractivity contribution in [3.05, 3.63) is 0 Å². The third-order valence-electron chi connectivity index (χ3n) is 2.89. The first-order valence-corrected chi connectivity index (χ1v) is 7.48. The predicted molar refractivity (Wildman–Crippen MR) is 69.7 cm³/mol. The predicted octanol–water partition coefficient (Wildman–Crippen LogP) is 1.11. The van der Waals surface area contributed by atoms with Crippen LogP contribution in [0.4, 0.5) is 0 Å².